The number of hydrogen-bond donors (Lipinski definition) is 1. The van der Waals surface area contributed by atoms with Crippen LogP contribution in [0, 0.1) is 5.82 Å². The number of hydrogen-bond acceptors (Lipinski definition) is 8. The quantitative estimate of drug-likeness (QED) is 0.450. The minimum absolute atomic E-state index is 0.0747. The topological polar surface area (TPSA) is 105 Å². The minimum Gasteiger partial charge on any atom is -0.381 e. The van der Waals surface area contributed by atoms with Crippen molar-refractivity contribution in [3.05, 3.63) is 48.3 Å². The van der Waals surface area contributed by atoms with Crippen LogP contribution in [0.15, 0.2) is 41.6 Å². The monoisotopic (exact) mass is 569 g/mol. The first-order chi connectivity index (χ1) is 18.5. The van der Waals surface area contributed by atoms with Gasteiger partial charge in [-0.25, -0.2) is 27.8 Å². The maximum absolute atomic E-state index is 14.9. The van der Waals surface area contributed by atoms with E-state index in [4.69, 9.17) is 4.74 Å². The summed E-state index contributed by atoms with van der Waals surface area (Å²) >= 11 is 0. The van der Waals surface area contributed by atoms with Crippen LogP contribution in [-0.4, -0.2) is 83.6 Å². The number of benzene rings is 1. The van der Waals surface area contributed by atoms with Crippen molar-refractivity contribution >= 4 is 21.7 Å². The molecule has 10 nitrogen and oxygen atoms in total. The number of anilines is 2. The van der Waals surface area contributed by atoms with Gasteiger partial charge in [-0.1, -0.05) is 0 Å². The number of ether oxygens (including phenoxy) is 1. The Labute approximate surface area is 222 Å². The number of rotatable bonds is 6. The van der Waals surface area contributed by atoms with E-state index in [1.807, 2.05) is 7.05 Å². The van der Waals surface area contributed by atoms with Crippen molar-refractivity contribution in [3.63, 3.8) is 0 Å². The van der Waals surface area contributed by atoms with Gasteiger partial charge in [0.05, 0.1) is 23.0 Å². The number of sulfonamides is 1. The molecule has 3 aromatic rings. The largest absolute Gasteiger partial charge is 0.449 e. The van der Waals surface area contributed by atoms with Crippen molar-refractivity contribution in [2.24, 2.45) is 0 Å². The highest BCUT2D eigenvalue weighted by Gasteiger charge is 2.40. The fourth-order valence-corrected chi connectivity index (χ4v) is 6.10. The average molecular weight is 570 g/mol. The van der Waals surface area contributed by atoms with Crippen molar-refractivity contribution in [3.8, 4) is 11.4 Å². The lowest BCUT2D eigenvalue weighted by Crippen LogP contribution is -2.46. The summed E-state index contributed by atoms with van der Waals surface area (Å²) in [6, 6.07) is 5.33. The molecule has 0 atom stereocenters. The van der Waals surface area contributed by atoms with Gasteiger partial charge in [0, 0.05) is 51.1 Å². The van der Waals surface area contributed by atoms with Crippen LogP contribution in [0.3, 0.4) is 0 Å². The summed E-state index contributed by atoms with van der Waals surface area (Å²) in [6.45, 7) is 2.62. The zero-order valence-electron chi connectivity index (χ0n) is 21.0. The molecule has 1 aromatic carbocycles. The Bertz CT molecular complexity index is 1420. The molecule has 15 heteroatoms. The molecule has 5 rings (SSSR count). The number of nitrogens with zero attached hydrogens (tertiary/aromatic N) is 6. The zero-order chi connectivity index (χ0) is 27.8. The van der Waals surface area contributed by atoms with Gasteiger partial charge in [-0.3, -0.25) is 0 Å². The Kier molecular flexibility index (Phi) is 7.59. The smallest absolute Gasteiger partial charge is 0.381 e. The van der Waals surface area contributed by atoms with E-state index in [1.165, 1.54) is 28.6 Å². The standard InChI is InChI=1S/C24H27F4N7O3S/c1-33-8-10-34(11-9-33)39(36,37)18-4-2-16(3-5-18)31-23-30-14-19(25)21(32-23)20-15-29-22(24(26,27)28)35(20)17-6-12-38-13-7-17/h2-5,14-15,17H,6-13H2,1H3,(H,30,31,32). The lowest BCUT2D eigenvalue weighted by atomic mass is 10.1. The van der Waals surface area contributed by atoms with Crippen LogP contribution in [-0.2, 0) is 20.9 Å². The highest BCUT2D eigenvalue weighted by molar-refractivity contribution is 7.89. The number of likely N-dealkylation sites (N-methyl/N-ethyl adjacent to an activating group) is 1. The van der Waals surface area contributed by atoms with E-state index >= 15 is 0 Å². The predicted octanol–water partition coefficient (Wildman–Crippen LogP) is 3.53. The van der Waals surface area contributed by atoms with Crippen molar-refractivity contribution in [2.75, 3.05) is 51.8 Å². The van der Waals surface area contributed by atoms with Gasteiger partial charge in [-0.15, -0.1) is 0 Å². The second kappa shape index (κ2) is 10.8. The maximum Gasteiger partial charge on any atom is 0.449 e. The van der Waals surface area contributed by atoms with Crippen LogP contribution in [0.25, 0.3) is 11.4 Å². The van der Waals surface area contributed by atoms with Crippen molar-refractivity contribution < 1.29 is 30.7 Å². The molecule has 2 saturated heterocycles. The molecule has 210 valence electrons. The molecule has 4 heterocycles. The second-order valence-electron chi connectivity index (χ2n) is 9.43. The molecule has 0 unspecified atom stereocenters. The number of alkyl halides is 3. The Hall–Kier alpha value is -3.14. The van der Waals surface area contributed by atoms with Gasteiger partial charge < -0.3 is 19.5 Å². The molecule has 0 radical (unpaired) electrons. The first kappa shape index (κ1) is 27.4. The summed E-state index contributed by atoms with van der Waals surface area (Å²) in [5.74, 6) is -2.11. The summed E-state index contributed by atoms with van der Waals surface area (Å²) in [7, 11) is -1.73. The molecule has 39 heavy (non-hydrogen) atoms. The Morgan fingerprint density at radius 2 is 1.67 bits per heavy atom. The Morgan fingerprint density at radius 1 is 1.00 bits per heavy atom. The van der Waals surface area contributed by atoms with Gasteiger partial charge in [-0.2, -0.15) is 17.5 Å². The van der Waals surface area contributed by atoms with Crippen LogP contribution < -0.4 is 5.32 Å². The maximum atomic E-state index is 14.9. The van der Waals surface area contributed by atoms with Crippen molar-refractivity contribution in [1.29, 1.82) is 0 Å². The summed E-state index contributed by atoms with van der Waals surface area (Å²) in [4.78, 5) is 13.8. The van der Waals surface area contributed by atoms with Crippen LogP contribution in [0.4, 0.5) is 29.2 Å². The summed E-state index contributed by atoms with van der Waals surface area (Å²) in [6.07, 6.45) is -2.29. The third-order valence-electron chi connectivity index (χ3n) is 6.80. The van der Waals surface area contributed by atoms with Crippen molar-refractivity contribution in [1.82, 2.24) is 28.7 Å². The molecular weight excluding hydrogens is 542 g/mol. The van der Waals surface area contributed by atoms with Gasteiger partial charge in [0.25, 0.3) is 0 Å². The predicted molar refractivity (Wildman–Crippen MR) is 133 cm³/mol. The lowest BCUT2D eigenvalue weighted by Gasteiger charge is -2.31. The van der Waals surface area contributed by atoms with E-state index in [9.17, 15) is 26.0 Å². The van der Waals surface area contributed by atoms with Crippen LogP contribution in [0.1, 0.15) is 24.7 Å². The summed E-state index contributed by atoms with van der Waals surface area (Å²) in [5, 5.41) is 2.87. The lowest BCUT2D eigenvalue weighted by molar-refractivity contribution is -0.148. The fraction of sp³-hybridized carbons (Fsp3) is 0.458. The number of halogens is 4. The van der Waals surface area contributed by atoms with E-state index in [1.54, 1.807) is 0 Å². The molecule has 2 aromatic heterocycles. The van der Waals surface area contributed by atoms with E-state index in [2.05, 4.69) is 25.2 Å². The van der Waals surface area contributed by atoms with Gasteiger partial charge in [0.2, 0.25) is 21.8 Å². The number of imidazole rings is 1. The Balaban J connectivity index is 1.41. The van der Waals surface area contributed by atoms with Gasteiger partial charge >= 0.3 is 6.18 Å². The van der Waals surface area contributed by atoms with Gasteiger partial charge in [0.1, 0.15) is 5.69 Å². The molecular formula is C24H27F4N7O3S. The number of nitrogens with one attached hydrogen (secondary N) is 1. The third-order valence-corrected chi connectivity index (χ3v) is 8.72. The van der Waals surface area contributed by atoms with Gasteiger partial charge in [-0.05, 0) is 44.2 Å². The normalized spacial score (nSPS) is 18.4. The van der Waals surface area contributed by atoms with E-state index < -0.39 is 33.9 Å². The zero-order valence-corrected chi connectivity index (χ0v) is 21.8. The highest BCUT2D eigenvalue weighted by atomic mass is 32.2. The molecule has 2 fully saturated rings. The molecule has 2 aliphatic rings. The van der Waals surface area contributed by atoms with E-state index in [-0.39, 0.29) is 35.4 Å². The minimum atomic E-state index is -4.74. The SMILES string of the molecule is CN1CCN(S(=O)(=O)c2ccc(Nc3ncc(F)c(-c4cnc(C(F)(F)F)n4C4CCOCC4)n3)cc2)CC1. The van der Waals surface area contributed by atoms with Gasteiger partial charge in [0.15, 0.2) is 5.82 Å². The fourth-order valence-electron chi connectivity index (χ4n) is 4.68. The summed E-state index contributed by atoms with van der Waals surface area (Å²) in [5.41, 5.74) is -0.0409. The number of piperazine rings is 1. The van der Waals surface area contributed by atoms with Crippen LogP contribution in [0.5, 0.6) is 0 Å². The second-order valence-corrected chi connectivity index (χ2v) is 11.4. The molecule has 0 saturated carbocycles. The van der Waals surface area contributed by atoms with E-state index in [0.29, 0.717) is 44.7 Å². The molecule has 2 aliphatic heterocycles. The molecule has 0 amide bonds. The molecule has 1 N–H and O–H groups in total. The third kappa shape index (κ3) is 5.76. The highest BCUT2D eigenvalue weighted by Crippen LogP contribution is 2.37. The average Bonchev–Trinajstić information content (AvgIpc) is 3.37. The molecule has 0 aliphatic carbocycles. The first-order valence-electron chi connectivity index (χ1n) is 12.3. The van der Waals surface area contributed by atoms with E-state index in [0.717, 1.165) is 17.0 Å². The van der Waals surface area contributed by atoms with Crippen molar-refractivity contribution in [2.45, 2.75) is 30.0 Å². The van der Waals surface area contributed by atoms with Crippen LogP contribution >= 0.6 is 0 Å². The number of aromatic nitrogens is 4. The van der Waals surface area contributed by atoms with Crippen LogP contribution in [0.2, 0.25) is 0 Å². The Morgan fingerprint density at radius 3 is 2.31 bits per heavy atom. The summed E-state index contributed by atoms with van der Waals surface area (Å²) < 4.78 is 89.7. The molecule has 0 spiro atoms. The molecule has 0 bridgehead atoms. The first-order valence-corrected chi connectivity index (χ1v) is 13.8.